The number of piperidine rings is 1. The lowest BCUT2D eigenvalue weighted by atomic mass is 9.94. The molecule has 2 amide bonds. The average molecular weight is 416 g/mol. The Morgan fingerprint density at radius 3 is 2.54 bits per heavy atom. The highest BCUT2D eigenvalue weighted by Crippen LogP contribution is 2.22. The van der Waals surface area contributed by atoms with Crippen LogP contribution < -0.4 is 5.32 Å². The standard InChI is InChI=1S/C20H22BrN3O2/c1-13-4-3-5-17(14(13)2)20(26)24-10-8-15(9-11-24)19(25)23-18-7-6-16(21)12-22-18/h3-7,12,15H,8-11H2,1-2H3,(H,22,23,25). The summed E-state index contributed by atoms with van der Waals surface area (Å²) in [5.74, 6) is 0.480. The van der Waals surface area contributed by atoms with Crippen molar-refractivity contribution in [1.82, 2.24) is 9.88 Å². The number of likely N-dealkylation sites (tertiary alicyclic amines) is 1. The first-order chi connectivity index (χ1) is 12.5. The van der Waals surface area contributed by atoms with Crippen LogP contribution in [0.25, 0.3) is 0 Å². The molecule has 0 aliphatic carbocycles. The summed E-state index contributed by atoms with van der Waals surface area (Å²) in [6, 6.07) is 9.41. The maximum absolute atomic E-state index is 12.8. The molecule has 1 N–H and O–H groups in total. The third-order valence-corrected chi connectivity index (χ3v) is 5.44. The molecule has 0 spiro atoms. The van der Waals surface area contributed by atoms with Crippen LogP contribution in [0.3, 0.4) is 0 Å². The van der Waals surface area contributed by atoms with E-state index < -0.39 is 0 Å². The van der Waals surface area contributed by atoms with E-state index in [-0.39, 0.29) is 17.7 Å². The number of hydrogen-bond acceptors (Lipinski definition) is 3. The molecule has 0 radical (unpaired) electrons. The van der Waals surface area contributed by atoms with Gasteiger partial charge in [-0.2, -0.15) is 0 Å². The zero-order valence-corrected chi connectivity index (χ0v) is 16.5. The van der Waals surface area contributed by atoms with Crippen LogP contribution in [-0.4, -0.2) is 34.8 Å². The molecule has 2 heterocycles. The van der Waals surface area contributed by atoms with Crippen LogP contribution in [0.4, 0.5) is 5.82 Å². The third kappa shape index (κ3) is 4.12. The van der Waals surface area contributed by atoms with Crippen molar-refractivity contribution < 1.29 is 9.59 Å². The van der Waals surface area contributed by atoms with Crippen molar-refractivity contribution in [3.05, 3.63) is 57.7 Å². The summed E-state index contributed by atoms with van der Waals surface area (Å²) >= 11 is 3.32. The topological polar surface area (TPSA) is 62.3 Å². The van der Waals surface area contributed by atoms with Gasteiger partial charge in [0.2, 0.25) is 5.91 Å². The first-order valence-corrected chi connectivity index (χ1v) is 9.53. The number of halogens is 1. The maximum Gasteiger partial charge on any atom is 0.254 e. The molecule has 26 heavy (non-hydrogen) atoms. The summed E-state index contributed by atoms with van der Waals surface area (Å²) in [6.07, 6.45) is 2.99. The van der Waals surface area contributed by atoms with Gasteiger partial charge in [0.15, 0.2) is 0 Å². The summed E-state index contributed by atoms with van der Waals surface area (Å²) < 4.78 is 0.869. The average Bonchev–Trinajstić information content (AvgIpc) is 2.65. The highest BCUT2D eigenvalue weighted by atomic mass is 79.9. The molecule has 0 unspecified atom stereocenters. The molecular weight excluding hydrogens is 394 g/mol. The Hall–Kier alpha value is -2.21. The Morgan fingerprint density at radius 2 is 1.88 bits per heavy atom. The second-order valence-corrected chi connectivity index (χ2v) is 7.58. The van der Waals surface area contributed by atoms with Crippen molar-refractivity contribution in [2.45, 2.75) is 26.7 Å². The van der Waals surface area contributed by atoms with E-state index >= 15 is 0 Å². The number of rotatable bonds is 3. The van der Waals surface area contributed by atoms with Gasteiger partial charge in [0.25, 0.3) is 5.91 Å². The fourth-order valence-electron chi connectivity index (χ4n) is 3.18. The van der Waals surface area contributed by atoms with Crippen molar-refractivity contribution in [2.24, 2.45) is 5.92 Å². The maximum atomic E-state index is 12.8. The summed E-state index contributed by atoms with van der Waals surface area (Å²) in [4.78, 5) is 31.2. The third-order valence-electron chi connectivity index (χ3n) is 4.97. The van der Waals surface area contributed by atoms with Gasteiger partial charge in [0.1, 0.15) is 5.82 Å². The Balaban J connectivity index is 1.58. The molecular formula is C20H22BrN3O2. The minimum atomic E-state index is -0.0943. The van der Waals surface area contributed by atoms with Crippen LogP contribution in [0.5, 0.6) is 0 Å². The number of aromatic nitrogens is 1. The summed E-state index contributed by atoms with van der Waals surface area (Å²) in [6.45, 7) is 5.18. The zero-order chi connectivity index (χ0) is 18.7. The van der Waals surface area contributed by atoms with Crippen molar-refractivity contribution in [1.29, 1.82) is 0 Å². The molecule has 136 valence electrons. The van der Waals surface area contributed by atoms with Crippen LogP contribution in [0, 0.1) is 19.8 Å². The normalized spacial score (nSPS) is 15.0. The van der Waals surface area contributed by atoms with Gasteiger partial charge in [-0.1, -0.05) is 12.1 Å². The van der Waals surface area contributed by atoms with Crippen LogP contribution in [0.2, 0.25) is 0 Å². The number of nitrogens with zero attached hydrogens (tertiary/aromatic N) is 2. The molecule has 6 heteroatoms. The number of anilines is 1. The van der Waals surface area contributed by atoms with Crippen LogP contribution >= 0.6 is 15.9 Å². The van der Waals surface area contributed by atoms with Crippen molar-refractivity contribution >= 4 is 33.6 Å². The Bertz CT molecular complexity index is 812. The molecule has 5 nitrogen and oxygen atoms in total. The molecule has 0 bridgehead atoms. The Morgan fingerprint density at radius 1 is 1.15 bits per heavy atom. The molecule has 0 saturated carbocycles. The van der Waals surface area contributed by atoms with E-state index in [1.54, 1.807) is 12.3 Å². The van der Waals surface area contributed by atoms with E-state index in [1.165, 1.54) is 0 Å². The zero-order valence-electron chi connectivity index (χ0n) is 15.0. The van der Waals surface area contributed by atoms with Crippen molar-refractivity contribution in [3.8, 4) is 0 Å². The molecule has 1 aliphatic rings. The van der Waals surface area contributed by atoms with Crippen LogP contribution in [0.15, 0.2) is 41.0 Å². The SMILES string of the molecule is Cc1cccc(C(=O)N2CCC(C(=O)Nc3ccc(Br)cn3)CC2)c1C. The minimum Gasteiger partial charge on any atom is -0.339 e. The number of carbonyl (C=O) groups excluding carboxylic acids is 2. The predicted molar refractivity (Wildman–Crippen MR) is 105 cm³/mol. The fourth-order valence-corrected chi connectivity index (χ4v) is 3.41. The van der Waals surface area contributed by atoms with Crippen LogP contribution in [-0.2, 0) is 4.79 Å². The van der Waals surface area contributed by atoms with Crippen molar-refractivity contribution in [2.75, 3.05) is 18.4 Å². The highest BCUT2D eigenvalue weighted by Gasteiger charge is 2.28. The quantitative estimate of drug-likeness (QED) is 0.824. The molecule has 3 rings (SSSR count). The van der Waals surface area contributed by atoms with Crippen LogP contribution in [0.1, 0.15) is 34.3 Å². The highest BCUT2D eigenvalue weighted by molar-refractivity contribution is 9.10. The van der Waals surface area contributed by atoms with Gasteiger partial charge in [-0.3, -0.25) is 9.59 Å². The van der Waals surface area contributed by atoms with E-state index in [1.807, 2.05) is 43.0 Å². The number of carbonyl (C=O) groups is 2. The molecule has 1 fully saturated rings. The summed E-state index contributed by atoms with van der Waals surface area (Å²) in [5.41, 5.74) is 2.90. The lowest BCUT2D eigenvalue weighted by molar-refractivity contribution is -0.121. The summed E-state index contributed by atoms with van der Waals surface area (Å²) in [5, 5.41) is 2.86. The van der Waals surface area contributed by atoms with Gasteiger partial charge in [-0.15, -0.1) is 0 Å². The second-order valence-electron chi connectivity index (χ2n) is 6.66. The first kappa shape index (κ1) is 18.6. The Labute approximate surface area is 161 Å². The van der Waals surface area contributed by atoms with E-state index in [0.717, 1.165) is 21.2 Å². The lowest BCUT2D eigenvalue weighted by Crippen LogP contribution is -2.41. The largest absolute Gasteiger partial charge is 0.339 e. The number of aryl methyl sites for hydroxylation is 1. The second kappa shape index (κ2) is 7.99. The lowest BCUT2D eigenvalue weighted by Gasteiger charge is -2.31. The number of nitrogens with one attached hydrogen (secondary N) is 1. The minimum absolute atomic E-state index is 0.0290. The molecule has 1 saturated heterocycles. The predicted octanol–water partition coefficient (Wildman–Crippen LogP) is 3.95. The van der Waals surface area contributed by atoms with Gasteiger partial charge in [-0.25, -0.2) is 4.98 Å². The van der Waals surface area contributed by atoms with Gasteiger partial charge in [0, 0.05) is 35.2 Å². The van der Waals surface area contributed by atoms with Gasteiger partial charge in [0.05, 0.1) is 0 Å². The molecule has 1 aromatic carbocycles. The number of hydrogen-bond donors (Lipinski definition) is 1. The van der Waals surface area contributed by atoms with Gasteiger partial charge in [-0.05, 0) is 71.9 Å². The van der Waals surface area contributed by atoms with E-state index in [9.17, 15) is 9.59 Å². The van der Waals surface area contributed by atoms with E-state index in [0.29, 0.717) is 31.7 Å². The monoisotopic (exact) mass is 415 g/mol. The smallest absolute Gasteiger partial charge is 0.254 e. The number of amides is 2. The number of pyridine rings is 1. The van der Waals surface area contributed by atoms with E-state index in [2.05, 4.69) is 26.2 Å². The van der Waals surface area contributed by atoms with Crippen molar-refractivity contribution in [3.63, 3.8) is 0 Å². The molecule has 0 atom stereocenters. The molecule has 1 aliphatic heterocycles. The Kier molecular flexibility index (Phi) is 5.71. The van der Waals surface area contributed by atoms with Gasteiger partial charge >= 0.3 is 0 Å². The summed E-state index contributed by atoms with van der Waals surface area (Å²) in [7, 11) is 0. The molecule has 1 aromatic heterocycles. The number of benzene rings is 1. The van der Waals surface area contributed by atoms with E-state index in [4.69, 9.17) is 0 Å². The molecule has 2 aromatic rings. The fraction of sp³-hybridized carbons (Fsp3) is 0.350. The van der Waals surface area contributed by atoms with Gasteiger partial charge < -0.3 is 10.2 Å². The first-order valence-electron chi connectivity index (χ1n) is 8.73.